The summed E-state index contributed by atoms with van der Waals surface area (Å²) in [5, 5.41) is 0.935. The Kier molecular flexibility index (Phi) is 1.97. The summed E-state index contributed by atoms with van der Waals surface area (Å²) in [5.41, 5.74) is 0. The van der Waals surface area contributed by atoms with Gasteiger partial charge in [-0.15, -0.1) is 18.3 Å². The number of nitrogens with zero attached hydrogens (tertiary/aromatic N) is 1. The average Bonchev–Trinajstić information content (AvgIpc) is 2.03. The van der Waals surface area contributed by atoms with Crippen LogP contribution in [0.2, 0.25) is 0 Å². The number of fused-ring (bicyclic) bond motifs is 1. The number of amides is 1. The lowest BCUT2D eigenvalue weighted by molar-refractivity contribution is -0.137. The summed E-state index contributed by atoms with van der Waals surface area (Å²) in [7, 11) is 0. The van der Waals surface area contributed by atoms with Gasteiger partial charge in [-0.05, 0) is 6.42 Å². The zero-order valence-electron chi connectivity index (χ0n) is 6.77. The Morgan fingerprint density at radius 3 is 3.25 bits per heavy atom. The maximum absolute atomic E-state index is 11.0. The highest BCUT2D eigenvalue weighted by Crippen LogP contribution is 2.37. The van der Waals surface area contributed by atoms with Gasteiger partial charge in [-0.3, -0.25) is 4.79 Å². The van der Waals surface area contributed by atoms with Gasteiger partial charge in [0.2, 0.25) is 5.91 Å². The first-order valence-electron chi connectivity index (χ1n) is 4.07. The van der Waals surface area contributed by atoms with Crippen LogP contribution in [0.4, 0.5) is 0 Å². The second-order valence-electron chi connectivity index (χ2n) is 3.00. The van der Waals surface area contributed by atoms with Crippen molar-refractivity contribution in [3.63, 3.8) is 0 Å². The summed E-state index contributed by atoms with van der Waals surface area (Å²) in [6.45, 7) is 3.70. The molecule has 0 N–H and O–H groups in total. The third-order valence-corrected chi connectivity index (χ3v) is 3.55. The molecule has 12 heavy (non-hydrogen) atoms. The Labute approximate surface area is 76.3 Å². The minimum Gasteiger partial charge on any atom is -0.306 e. The van der Waals surface area contributed by atoms with Crippen molar-refractivity contribution in [3.05, 3.63) is 24.9 Å². The highest BCUT2D eigenvalue weighted by molar-refractivity contribution is 8.00. The Morgan fingerprint density at radius 1 is 1.83 bits per heavy atom. The molecule has 0 spiro atoms. The second kappa shape index (κ2) is 2.98. The molecule has 0 aromatic rings. The first-order valence-corrected chi connectivity index (χ1v) is 5.01. The number of carbonyl (C=O) groups is 1. The van der Waals surface area contributed by atoms with Crippen LogP contribution in [0.3, 0.4) is 0 Å². The monoisotopic (exact) mass is 181 g/mol. The highest BCUT2D eigenvalue weighted by Gasteiger charge is 2.38. The van der Waals surface area contributed by atoms with Gasteiger partial charge in [-0.2, -0.15) is 0 Å². The van der Waals surface area contributed by atoms with Crippen molar-refractivity contribution in [2.75, 3.05) is 0 Å². The molecule has 0 aromatic carbocycles. The van der Waals surface area contributed by atoms with E-state index in [0.717, 1.165) is 6.42 Å². The van der Waals surface area contributed by atoms with Crippen molar-refractivity contribution >= 4 is 17.7 Å². The first kappa shape index (κ1) is 7.92. The summed E-state index contributed by atoms with van der Waals surface area (Å²) in [5.74, 6) is 0.251. The van der Waals surface area contributed by atoms with E-state index in [1.807, 2.05) is 28.9 Å². The Bertz CT molecular complexity index is 249. The maximum atomic E-state index is 11.0. The number of hydrogen-bond acceptors (Lipinski definition) is 2. The molecule has 0 aliphatic carbocycles. The normalized spacial score (nSPS) is 32.7. The molecule has 1 fully saturated rings. The topological polar surface area (TPSA) is 20.3 Å². The molecule has 2 heterocycles. The van der Waals surface area contributed by atoms with Crippen LogP contribution in [0.25, 0.3) is 0 Å². The zero-order valence-corrected chi connectivity index (χ0v) is 7.59. The van der Waals surface area contributed by atoms with Crippen LogP contribution >= 0.6 is 11.8 Å². The minimum atomic E-state index is 0.251. The van der Waals surface area contributed by atoms with E-state index in [4.69, 9.17) is 0 Å². The number of rotatable bonds is 2. The zero-order chi connectivity index (χ0) is 8.55. The molecule has 2 rings (SSSR count). The van der Waals surface area contributed by atoms with Crippen molar-refractivity contribution < 1.29 is 4.79 Å². The molecule has 0 radical (unpaired) electrons. The van der Waals surface area contributed by atoms with Gasteiger partial charge in [0, 0.05) is 11.4 Å². The fourth-order valence-corrected chi connectivity index (χ4v) is 2.80. The number of hydrogen-bond donors (Lipinski definition) is 0. The Balaban J connectivity index is 2.01. The molecule has 0 aromatic heterocycles. The van der Waals surface area contributed by atoms with E-state index in [0.29, 0.717) is 17.0 Å². The summed E-state index contributed by atoms with van der Waals surface area (Å²) >= 11 is 1.86. The molecule has 2 nitrogen and oxygen atoms in total. The van der Waals surface area contributed by atoms with Crippen molar-refractivity contribution in [2.45, 2.75) is 23.5 Å². The summed E-state index contributed by atoms with van der Waals surface area (Å²) in [6, 6.07) is 0. The predicted molar refractivity (Wildman–Crippen MR) is 50.6 cm³/mol. The molecule has 1 saturated heterocycles. The van der Waals surface area contributed by atoms with Gasteiger partial charge in [0.1, 0.15) is 0 Å². The van der Waals surface area contributed by atoms with E-state index in [-0.39, 0.29) is 5.91 Å². The van der Waals surface area contributed by atoms with E-state index >= 15 is 0 Å². The molecule has 2 aliphatic heterocycles. The number of allylic oxidation sites excluding steroid dienone is 1. The highest BCUT2D eigenvalue weighted by atomic mass is 32.2. The summed E-state index contributed by atoms with van der Waals surface area (Å²) < 4.78 is 0. The SMILES string of the molecule is C=CCC1C=CN2C(=O)C[C@@H]2S1. The predicted octanol–water partition coefficient (Wildman–Crippen LogP) is 1.75. The quantitative estimate of drug-likeness (QED) is 0.478. The lowest BCUT2D eigenvalue weighted by Crippen LogP contribution is -2.49. The Morgan fingerprint density at radius 2 is 2.67 bits per heavy atom. The largest absolute Gasteiger partial charge is 0.306 e. The van der Waals surface area contributed by atoms with E-state index in [1.165, 1.54) is 0 Å². The number of carbonyl (C=O) groups excluding carboxylic acids is 1. The van der Waals surface area contributed by atoms with Crippen molar-refractivity contribution in [2.24, 2.45) is 0 Å². The van der Waals surface area contributed by atoms with Crippen LogP contribution < -0.4 is 0 Å². The van der Waals surface area contributed by atoms with E-state index in [1.54, 1.807) is 0 Å². The molecule has 0 saturated carbocycles. The van der Waals surface area contributed by atoms with Crippen molar-refractivity contribution in [3.8, 4) is 0 Å². The lowest BCUT2D eigenvalue weighted by atomic mass is 10.2. The van der Waals surface area contributed by atoms with E-state index < -0.39 is 0 Å². The molecule has 64 valence electrons. The number of thioether (sulfide) groups is 1. The van der Waals surface area contributed by atoms with E-state index in [9.17, 15) is 4.79 Å². The van der Waals surface area contributed by atoms with Gasteiger partial charge in [-0.1, -0.05) is 12.2 Å². The lowest BCUT2D eigenvalue weighted by Gasteiger charge is -2.41. The van der Waals surface area contributed by atoms with Gasteiger partial charge < -0.3 is 4.90 Å². The number of β-lactam (4-membered cyclic amide) rings is 1. The second-order valence-corrected chi connectivity index (χ2v) is 4.42. The van der Waals surface area contributed by atoms with Crippen LogP contribution in [0.5, 0.6) is 0 Å². The van der Waals surface area contributed by atoms with Crippen LogP contribution in [-0.4, -0.2) is 21.4 Å². The van der Waals surface area contributed by atoms with Crippen LogP contribution in [0, 0.1) is 0 Å². The average molecular weight is 181 g/mol. The molecular formula is C9H11NOS. The molecule has 2 atom stereocenters. The van der Waals surface area contributed by atoms with Gasteiger partial charge in [-0.25, -0.2) is 0 Å². The molecule has 2 aliphatic rings. The van der Waals surface area contributed by atoms with Gasteiger partial charge >= 0.3 is 0 Å². The Hall–Kier alpha value is -0.700. The molecular weight excluding hydrogens is 170 g/mol. The maximum Gasteiger partial charge on any atom is 0.230 e. The molecule has 3 heteroatoms. The van der Waals surface area contributed by atoms with Crippen molar-refractivity contribution in [1.82, 2.24) is 4.90 Å². The minimum absolute atomic E-state index is 0.251. The molecule has 1 unspecified atom stereocenters. The fourth-order valence-electron chi connectivity index (χ4n) is 1.43. The smallest absolute Gasteiger partial charge is 0.230 e. The molecule has 0 bridgehead atoms. The molecule has 1 amide bonds. The van der Waals surface area contributed by atoms with Gasteiger partial charge in [0.05, 0.1) is 11.8 Å². The van der Waals surface area contributed by atoms with Crippen LogP contribution in [-0.2, 0) is 4.79 Å². The van der Waals surface area contributed by atoms with Gasteiger partial charge in [0.15, 0.2) is 0 Å². The van der Waals surface area contributed by atoms with Crippen LogP contribution in [0.1, 0.15) is 12.8 Å². The standard InChI is InChI=1S/C9H11NOS/c1-2-3-7-4-5-10-8(11)6-9(10)12-7/h2,4-5,7,9H,1,3,6H2/t7?,9-/m0/s1. The van der Waals surface area contributed by atoms with E-state index in [2.05, 4.69) is 12.7 Å². The van der Waals surface area contributed by atoms with Gasteiger partial charge in [0.25, 0.3) is 0 Å². The first-order chi connectivity index (χ1) is 5.81. The summed E-state index contributed by atoms with van der Waals surface area (Å²) in [4.78, 5) is 12.8. The third kappa shape index (κ3) is 1.18. The fraction of sp³-hybridized carbons (Fsp3) is 0.444. The van der Waals surface area contributed by atoms with Crippen molar-refractivity contribution in [1.29, 1.82) is 0 Å². The summed E-state index contributed by atoms with van der Waals surface area (Å²) in [6.07, 6.45) is 7.64. The third-order valence-electron chi connectivity index (χ3n) is 2.14. The van der Waals surface area contributed by atoms with Crippen LogP contribution in [0.15, 0.2) is 24.9 Å².